The maximum absolute atomic E-state index is 5.60. The summed E-state index contributed by atoms with van der Waals surface area (Å²) >= 11 is 3.47. The average molecular weight is 324 g/mol. The van der Waals surface area contributed by atoms with Crippen LogP contribution in [0, 0.1) is 6.92 Å². The van der Waals surface area contributed by atoms with Gasteiger partial charge in [-0.2, -0.15) is 4.98 Å². The van der Waals surface area contributed by atoms with Crippen LogP contribution in [0.2, 0.25) is 0 Å². The first-order valence-corrected chi connectivity index (χ1v) is 6.96. The summed E-state index contributed by atoms with van der Waals surface area (Å²) in [6.07, 6.45) is -0.122. The molecule has 1 N–H and O–H groups in total. The second kappa shape index (κ2) is 5.40. The van der Waals surface area contributed by atoms with Crippen molar-refractivity contribution >= 4 is 15.9 Å². The largest absolute Gasteiger partial charge is 0.367 e. The van der Waals surface area contributed by atoms with Crippen LogP contribution in [0.15, 0.2) is 27.2 Å². The van der Waals surface area contributed by atoms with Gasteiger partial charge >= 0.3 is 0 Å². The van der Waals surface area contributed by atoms with E-state index < -0.39 is 0 Å². The van der Waals surface area contributed by atoms with Gasteiger partial charge in [-0.05, 0) is 30.7 Å². The van der Waals surface area contributed by atoms with Gasteiger partial charge in [0.25, 0.3) is 5.89 Å². The maximum atomic E-state index is 5.60. The van der Waals surface area contributed by atoms with Crippen LogP contribution >= 0.6 is 15.9 Å². The zero-order valence-electron chi connectivity index (χ0n) is 10.5. The molecular formula is C13H14BrN3O2. The van der Waals surface area contributed by atoms with Crippen LogP contribution in [-0.4, -0.2) is 29.8 Å². The summed E-state index contributed by atoms with van der Waals surface area (Å²) in [5.41, 5.74) is 2.05. The van der Waals surface area contributed by atoms with Crippen molar-refractivity contribution in [1.82, 2.24) is 15.5 Å². The fraction of sp³-hybridized carbons (Fsp3) is 0.385. The molecule has 2 heterocycles. The monoisotopic (exact) mass is 323 g/mol. The minimum absolute atomic E-state index is 0.122. The minimum atomic E-state index is -0.122. The van der Waals surface area contributed by atoms with E-state index in [1.165, 1.54) is 0 Å². The predicted molar refractivity (Wildman–Crippen MR) is 73.7 cm³/mol. The molecule has 5 nitrogen and oxygen atoms in total. The van der Waals surface area contributed by atoms with Crippen molar-refractivity contribution in [2.24, 2.45) is 0 Å². The van der Waals surface area contributed by atoms with Gasteiger partial charge in [0.15, 0.2) is 0 Å². The third-order valence-corrected chi connectivity index (χ3v) is 3.95. The van der Waals surface area contributed by atoms with Crippen molar-refractivity contribution in [1.29, 1.82) is 0 Å². The number of nitrogens with one attached hydrogen (secondary N) is 1. The number of hydrogen-bond donors (Lipinski definition) is 1. The molecule has 1 aromatic carbocycles. The first kappa shape index (κ1) is 12.8. The molecule has 1 saturated heterocycles. The summed E-state index contributed by atoms with van der Waals surface area (Å²) < 4.78 is 12.0. The molecule has 1 atom stereocenters. The van der Waals surface area contributed by atoms with Crippen molar-refractivity contribution in [3.05, 3.63) is 34.1 Å². The summed E-state index contributed by atoms with van der Waals surface area (Å²) in [5, 5.41) is 7.25. The Morgan fingerprint density at radius 2 is 2.32 bits per heavy atom. The van der Waals surface area contributed by atoms with E-state index in [4.69, 9.17) is 9.26 Å². The number of aryl methyl sites for hydroxylation is 1. The molecule has 3 rings (SSSR count). The fourth-order valence-corrected chi connectivity index (χ4v) is 2.24. The number of aromatic nitrogens is 2. The van der Waals surface area contributed by atoms with Gasteiger partial charge in [0.05, 0.1) is 6.61 Å². The van der Waals surface area contributed by atoms with Crippen molar-refractivity contribution in [2.75, 3.05) is 19.7 Å². The van der Waals surface area contributed by atoms with Gasteiger partial charge in [-0.15, -0.1) is 0 Å². The second-order valence-electron chi connectivity index (χ2n) is 4.49. The highest BCUT2D eigenvalue weighted by molar-refractivity contribution is 9.10. The number of rotatable bonds is 2. The molecule has 1 aliphatic rings. The van der Waals surface area contributed by atoms with E-state index in [0.717, 1.165) is 28.7 Å². The van der Waals surface area contributed by atoms with E-state index in [0.29, 0.717) is 18.3 Å². The quantitative estimate of drug-likeness (QED) is 0.920. The zero-order valence-corrected chi connectivity index (χ0v) is 12.1. The molecule has 1 aliphatic heterocycles. The van der Waals surface area contributed by atoms with Crippen molar-refractivity contribution < 1.29 is 9.26 Å². The number of ether oxygens (including phenoxy) is 1. The molecule has 0 amide bonds. The Labute approximate surface area is 119 Å². The van der Waals surface area contributed by atoms with Crippen LogP contribution in [0.5, 0.6) is 0 Å². The first-order chi connectivity index (χ1) is 9.24. The molecular weight excluding hydrogens is 310 g/mol. The Hall–Kier alpha value is -1.24. The highest BCUT2D eigenvalue weighted by atomic mass is 79.9. The molecule has 0 radical (unpaired) electrons. The highest BCUT2D eigenvalue weighted by Crippen LogP contribution is 2.25. The molecule has 1 aromatic heterocycles. The fourth-order valence-electron chi connectivity index (χ4n) is 1.99. The van der Waals surface area contributed by atoms with Crippen LogP contribution in [-0.2, 0) is 4.74 Å². The molecule has 19 heavy (non-hydrogen) atoms. The summed E-state index contributed by atoms with van der Waals surface area (Å²) in [7, 11) is 0. The smallest absolute Gasteiger partial charge is 0.258 e. The maximum Gasteiger partial charge on any atom is 0.258 e. The Bertz CT molecular complexity index is 579. The third-order valence-electron chi connectivity index (χ3n) is 3.06. The summed E-state index contributed by atoms with van der Waals surface area (Å²) in [6.45, 7) is 4.29. The van der Waals surface area contributed by atoms with Crippen LogP contribution in [0.4, 0.5) is 0 Å². The van der Waals surface area contributed by atoms with Gasteiger partial charge < -0.3 is 14.6 Å². The van der Waals surface area contributed by atoms with E-state index >= 15 is 0 Å². The van der Waals surface area contributed by atoms with Crippen LogP contribution < -0.4 is 5.32 Å². The Kier molecular flexibility index (Phi) is 3.63. The molecule has 0 aliphatic carbocycles. The zero-order chi connectivity index (χ0) is 13.2. The SMILES string of the molecule is Cc1cc(-c2nc(C3CNCCO3)no2)ccc1Br. The number of benzene rings is 1. The normalized spacial score (nSPS) is 19.6. The predicted octanol–water partition coefficient (Wildman–Crippen LogP) is 2.47. The molecule has 0 spiro atoms. The number of halogens is 1. The number of morpholine rings is 1. The van der Waals surface area contributed by atoms with Crippen molar-refractivity contribution in [3.63, 3.8) is 0 Å². The van der Waals surface area contributed by atoms with Crippen molar-refractivity contribution in [2.45, 2.75) is 13.0 Å². The summed E-state index contributed by atoms with van der Waals surface area (Å²) in [4.78, 5) is 4.42. The molecule has 0 saturated carbocycles. The van der Waals surface area contributed by atoms with Gasteiger partial charge in [0.1, 0.15) is 6.10 Å². The lowest BCUT2D eigenvalue weighted by molar-refractivity contribution is 0.0208. The van der Waals surface area contributed by atoms with E-state index in [-0.39, 0.29) is 6.10 Å². The van der Waals surface area contributed by atoms with Gasteiger partial charge in [0.2, 0.25) is 5.82 Å². The van der Waals surface area contributed by atoms with E-state index in [9.17, 15) is 0 Å². The van der Waals surface area contributed by atoms with Crippen LogP contribution in [0.25, 0.3) is 11.5 Å². The summed E-state index contributed by atoms with van der Waals surface area (Å²) in [6, 6.07) is 5.95. The molecule has 100 valence electrons. The average Bonchev–Trinajstić information content (AvgIpc) is 2.93. The first-order valence-electron chi connectivity index (χ1n) is 6.16. The van der Waals surface area contributed by atoms with Crippen molar-refractivity contribution in [3.8, 4) is 11.5 Å². The lowest BCUT2D eigenvalue weighted by Crippen LogP contribution is -2.33. The Morgan fingerprint density at radius 3 is 3.05 bits per heavy atom. The second-order valence-corrected chi connectivity index (χ2v) is 5.34. The topological polar surface area (TPSA) is 60.2 Å². The van der Waals surface area contributed by atoms with E-state index in [1.807, 2.05) is 25.1 Å². The molecule has 6 heteroatoms. The molecule has 1 unspecified atom stereocenters. The van der Waals surface area contributed by atoms with Crippen LogP contribution in [0.3, 0.4) is 0 Å². The Morgan fingerprint density at radius 1 is 1.42 bits per heavy atom. The standard InChI is InChI=1S/C13H14BrN3O2/c1-8-6-9(2-3-10(8)14)13-16-12(17-19-13)11-7-15-4-5-18-11/h2-3,6,11,15H,4-5,7H2,1H3. The number of hydrogen-bond acceptors (Lipinski definition) is 5. The molecule has 0 bridgehead atoms. The van der Waals surface area contributed by atoms with E-state index in [1.54, 1.807) is 0 Å². The Balaban J connectivity index is 1.85. The molecule has 1 fully saturated rings. The minimum Gasteiger partial charge on any atom is -0.367 e. The lowest BCUT2D eigenvalue weighted by atomic mass is 10.1. The highest BCUT2D eigenvalue weighted by Gasteiger charge is 2.21. The van der Waals surface area contributed by atoms with Gasteiger partial charge in [-0.1, -0.05) is 21.1 Å². The summed E-state index contributed by atoms with van der Waals surface area (Å²) in [5.74, 6) is 1.13. The van der Waals surface area contributed by atoms with Gasteiger partial charge in [0, 0.05) is 23.1 Å². The van der Waals surface area contributed by atoms with Gasteiger partial charge in [-0.25, -0.2) is 0 Å². The van der Waals surface area contributed by atoms with Gasteiger partial charge in [-0.3, -0.25) is 0 Å². The number of nitrogens with zero attached hydrogens (tertiary/aromatic N) is 2. The molecule has 2 aromatic rings. The third kappa shape index (κ3) is 2.70. The lowest BCUT2D eigenvalue weighted by Gasteiger charge is -2.20. The van der Waals surface area contributed by atoms with Crippen LogP contribution in [0.1, 0.15) is 17.5 Å². The van der Waals surface area contributed by atoms with E-state index in [2.05, 4.69) is 31.4 Å².